The van der Waals surface area contributed by atoms with Gasteiger partial charge in [0.25, 0.3) is 0 Å². The van der Waals surface area contributed by atoms with E-state index in [-0.39, 0.29) is 12.8 Å². The van der Waals surface area contributed by atoms with Gasteiger partial charge in [0.05, 0.1) is 0 Å². The highest BCUT2D eigenvalue weighted by atomic mass is 35.5. The molecule has 1 nitrogen and oxygen atoms in total. The van der Waals surface area contributed by atoms with Crippen LogP contribution in [0.25, 0.3) is 0 Å². The molecule has 0 fully saturated rings. The van der Waals surface area contributed by atoms with Gasteiger partial charge in [-0.15, -0.1) is 0 Å². The van der Waals surface area contributed by atoms with E-state index in [0.717, 1.165) is 0 Å². The summed E-state index contributed by atoms with van der Waals surface area (Å²) in [6.07, 6.45) is 0.529. The Kier molecular flexibility index (Phi) is 4.97. The molecule has 2 rings (SSSR count). The Hall–Kier alpha value is -1.16. The Morgan fingerprint density at radius 2 is 1.75 bits per heavy atom. The highest BCUT2D eigenvalue weighted by Gasteiger charge is 2.14. The summed E-state index contributed by atoms with van der Waals surface area (Å²) in [6.45, 7) is 0. The van der Waals surface area contributed by atoms with E-state index in [2.05, 4.69) is 0 Å². The molecule has 0 spiro atoms. The van der Waals surface area contributed by atoms with Crippen LogP contribution in [0.3, 0.4) is 0 Å². The van der Waals surface area contributed by atoms with Gasteiger partial charge in [0.15, 0.2) is 0 Å². The molecule has 0 heterocycles. The molecule has 0 aliphatic rings. The molecule has 0 aliphatic heterocycles. The Morgan fingerprint density at radius 3 is 2.40 bits per heavy atom. The third kappa shape index (κ3) is 3.69. The van der Waals surface area contributed by atoms with Crippen LogP contribution in [0, 0.1) is 11.6 Å². The van der Waals surface area contributed by atoms with Crippen molar-refractivity contribution in [3.8, 4) is 0 Å². The SMILES string of the molecule is NC(Cc1ccc(Cl)cc1F)Cc1c(F)cccc1Cl. The Morgan fingerprint density at radius 1 is 1.00 bits per heavy atom. The van der Waals surface area contributed by atoms with Gasteiger partial charge in [-0.05, 0) is 42.7 Å². The Labute approximate surface area is 126 Å². The van der Waals surface area contributed by atoms with Crippen molar-refractivity contribution in [1.29, 1.82) is 0 Å². The summed E-state index contributed by atoms with van der Waals surface area (Å²) in [5.41, 5.74) is 6.77. The lowest BCUT2D eigenvalue weighted by atomic mass is 9.99. The second kappa shape index (κ2) is 6.53. The lowest BCUT2D eigenvalue weighted by Gasteiger charge is -2.14. The zero-order valence-corrected chi connectivity index (χ0v) is 12.1. The maximum Gasteiger partial charge on any atom is 0.127 e. The first-order chi connectivity index (χ1) is 9.47. The molecule has 0 saturated carbocycles. The molecule has 0 amide bonds. The number of halogens is 4. The lowest BCUT2D eigenvalue weighted by Crippen LogP contribution is -2.26. The number of benzene rings is 2. The molecule has 1 unspecified atom stereocenters. The van der Waals surface area contributed by atoms with Gasteiger partial charge < -0.3 is 5.73 Å². The number of rotatable bonds is 4. The minimum absolute atomic E-state index is 0.244. The molecule has 5 heteroatoms. The molecule has 0 aliphatic carbocycles. The van der Waals surface area contributed by atoms with Crippen LogP contribution >= 0.6 is 23.2 Å². The van der Waals surface area contributed by atoms with Gasteiger partial charge >= 0.3 is 0 Å². The van der Waals surface area contributed by atoms with Crippen molar-refractivity contribution in [3.05, 3.63) is 69.2 Å². The van der Waals surface area contributed by atoms with Crippen LogP contribution in [0.15, 0.2) is 36.4 Å². The Balaban J connectivity index is 2.11. The van der Waals surface area contributed by atoms with Gasteiger partial charge in [-0.3, -0.25) is 0 Å². The number of hydrogen-bond donors (Lipinski definition) is 1. The molecule has 0 radical (unpaired) electrons. The largest absolute Gasteiger partial charge is 0.327 e. The standard InChI is InChI=1S/C15H13Cl2F2N/c16-10-5-4-9(15(19)7-10)6-11(20)8-12-13(17)2-1-3-14(12)18/h1-5,7,11H,6,8,20H2. The smallest absolute Gasteiger partial charge is 0.127 e. The van der Waals surface area contributed by atoms with E-state index in [9.17, 15) is 8.78 Å². The van der Waals surface area contributed by atoms with Crippen molar-refractivity contribution in [1.82, 2.24) is 0 Å². The third-order valence-corrected chi connectivity index (χ3v) is 3.61. The van der Waals surface area contributed by atoms with Crippen molar-refractivity contribution < 1.29 is 8.78 Å². The minimum Gasteiger partial charge on any atom is -0.327 e. The molecule has 0 bridgehead atoms. The van der Waals surface area contributed by atoms with E-state index in [4.69, 9.17) is 28.9 Å². The molecule has 0 saturated heterocycles. The van der Waals surface area contributed by atoms with Gasteiger partial charge in [-0.2, -0.15) is 0 Å². The van der Waals surface area contributed by atoms with Crippen molar-refractivity contribution in [2.45, 2.75) is 18.9 Å². The van der Waals surface area contributed by atoms with Crippen molar-refractivity contribution in [2.24, 2.45) is 5.73 Å². The average molecular weight is 316 g/mol. The molecular weight excluding hydrogens is 303 g/mol. The van der Waals surface area contributed by atoms with Crippen LogP contribution in [-0.4, -0.2) is 6.04 Å². The van der Waals surface area contributed by atoms with Gasteiger partial charge in [-0.25, -0.2) is 8.78 Å². The first-order valence-electron chi connectivity index (χ1n) is 6.09. The summed E-state index contributed by atoms with van der Waals surface area (Å²) >= 11 is 11.6. The fourth-order valence-corrected chi connectivity index (χ4v) is 2.43. The van der Waals surface area contributed by atoms with E-state index in [1.165, 1.54) is 18.2 Å². The average Bonchev–Trinajstić information content (AvgIpc) is 2.37. The van der Waals surface area contributed by atoms with Gasteiger partial charge in [0.2, 0.25) is 0 Å². The lowest BCUT2D eigenvalue weighted by molar-refractivity contribution is 0.565. The Bertz CT molecular complexity index is 597. The summed E-state index contributed by atoms with van der Waals surface area (Å²) < 4.78 is 27.3. The van der Waals surface area contributed by atoms with Crippen LogP contribution < -0.4 is 5.73 Å². The number of nitrogens with two attached hydrogens (primary N) is 1. The van der Waals surface area contributed by atoms with E-state index in [1.807, 2.05) is 0 Å². The van der Waals surface area contributed by atoms with E-state index >= 15 is 0 Å². The van der Waals surface area contributed by atoms with E-state index in [1.54, 1.807) is 18.2 Å². The summed E-state index contributed by atoms with van der Waals surface area (Å²) in [5.74, 6) is -0.808. The van der Waals surface area contributed by atoms with Crippen LogP contribution in [0.5, 0.6) is 0 Å². The predicted octanol–water partition coefficient (Wildman–Crippen LogP) is 4.38. The quantitative estimate of drug-likeness (QED) is 0.890. The zero-order valence-electron chi connectivity index (χ0n) is 10.5. The maximum absolute atomic E-state index is 13.7. The second-order valence-corrected chi connectivity index (χ2v) is 5.45. The van der Waals surface area contributed by atoms with Crippen LogP contribution in [0.1, 0.15) is 11.1 Å². The summed E-state index contributed by atoms with van der Waals surface area (Å²) in [5, 5.41) is 0.661. The van der Waals surface area contributed by atoms with Crippen molar-refractivity contribution >= 4 is 23.2 Å². The van der Waals surface area contributed by atoms with E-state index in [0.29, 0.717) is 21.2 Å². The van der Waals surface area contributed by atoms with Crippen LogP contribution in [-0.2, 0) is 12.8 Å². The highest BCUT2D eigenvalue weighted by Crippen LogP contribution is 2.22. The van der Waals surface area contributed by atoms with E-state index < -0.39 is 17.7 Å². The predicted molar refractivity (Wildman–Crippen MR) is 78.2 cm³/mol. The summed E-state index contributed by atoms with van der Waals surface area (Å²) in [7, 11) is 0. The molecule has 2 aromatic carbocycles. The summed E-state index contributed by atoms with van der Waals surface area (Å²) in [4.78, 5) is 0. The topological polar surface area (TPSA) is 26.0 Å². The van der Waals surface area contributed by atoms with Gasteiger partial charge in [-0.1, -0.05) is 35.3 Å². The molecule has 0 aromatic heterocycles. The maximum atomic E-state index is 13.7. The fourth-order valence-electron chi connectivity index (χ4n) is 2.03. The fraction of sp³-hybridized carbons (Fsp3) is 0.200. The van der Waals surface area contributed by atoms with Gasteiger partial charge in [0, 0.05) is 21.7 Å². The molecule has 106 valence electrons. The van der Waals surface area contributed by atoms with Gasteiger partial charge in [0.1, 0.15) is 11.6 Å². The van der Waals surface area contributed by atoms with Crippen molar-refractivity contribution in [2.75, 3.05) is 0 Å². The first kappa shape index (κ1) is 15.2. The van der Waals surface area contributed by atoms with Crippen LogP contribution in [0.4, 0.5) is 8.78 Å². The third-order valence-electron chi connectivity index (χ3n) is 3.03. The van der Waals surface area contributed by atoms with Crippen molar-refractivity contribution in [3.63, 3.8) is 0 Å². The van der Waals surface area contributed by atoms with Crippen LogP contribution in [0.2, 0.25) is 10.0 Å². The molecular formula is C15H13Cl2F2N. The highest BCUT2D eigenvalue weighted by molar-refractivity contribution is 6.31. The molecule has 2 aromatic rings. The summed E-state index contributed by atoms with van der Waals surface area (Å²) in [6, 6.07) is 8.46. The molecule has 2 N–H and O–H groups in total. The first-order valence-corrected chi connectivity index (χ1v) is 6.85. The molecule has 20 heavy (non-hydrogen) atoms. The normalized spacial score (nSPS) is 12.4. The molecule has 1 atom stereocenters. The number of hydrogen-bond acceptors (Lipinski definition) is 1. The minimum atomic E-state index is -0.430. The zero-order chi connectivity index (χ0) is 14.7. The monoisotopic (exact) mass is 315 g/mol. The second-order valence-electron chi connectivity index (χ2n) is 4.60.